The van der Waals surface area contributed by atoms with E-state index in [0.717, 1.165) is 30.3 Å². The van der Waals surface area contributed by atoms with Crippen LogP contribution < -0.4 is 0 Å². The number of hydrogen-bond donors (Lipinski definition) is 1. The van der Waals surface area contributed by atoms with Crippen molar-refractivity contribution in [3.63, 3.8) is 0 Å². The molecule has 0 aliphatic carbocycles. The van der Waals surface area contributed by atoms with Gasteiger partial charge in [0.1, 0.15) is 0 Å². The van der Waals surface area contributed by atoms with Crippen molar-refractivity contribution < 1.29 is 31.5 Å². The van der Waals surface area contributed by atoms with Crippen LogP contribution >= 0.6 is 0 Å². The third kappa shape index (κ3) is 2.46. The summed E-state index contributed by atoms with van der Waals surface area (Å²) in [4.78, 5) is 10.1. The van der Waals surface area contributed by atoms with E-state index in [0.29, 0.717) is 5.41 Å². The van der Waals surface area contributed by atoms with Crippen LogP contribution in [-0.2, 0) is 20.8 Å². The van der Waals surface area contributed by atoms with E-state index in [4.69, 9.17) is 5.11 Å². The van der Waals surface area contributed by atoms with Crippen LogP contribution in [0.25, 0.3) is 5.57 Å². The summed E-state index contributed by atoms with van der Waals surface area (Å²) in [6.45, 7) is 0. The summed E-state index contributed by atoms with van der Waals surface area (Å²) in [5, 5.41) is 9.62. The van der Waals surface area contributed by atoms with Gasteiger partial charge in [0.15, 0.2) is 4.91 Å². The highest BCUT2D eigenvalue weighted by molar-refractivity contribution is 7.99. The van der Waals surface area contributed by atoms with Gasteiger partial charge >= 0.3 is 12.1 Å². The Kier molecular flexibility index (Phi) is 3.21. The van der Waals surface area contributed by atoms with Gasteiger partial charge in [0, 0.05) is 11.0 Å². The molecule has 20 heavy (non-hydrogen) atoms. The van der Waals surface area contributed by atoms with Gasteiger partial charge in [-0.2, -0.15) is 13.2 Å². The topological polar surface area (TPSA) is 71.4 Å². The second-order valence-electron chi connectivity index (χ2n) is 3.97. The Balaban J connectivity index is 2.55. The van der Waals surface area contributed by atoms with Gasteiger partial charge in [-0.1, -0.05) is 12.1 Å². The molecule has 1 heterocycles. The van der Waals surface area contributed by atoms with Crippen LogP contribution in [0.15, 0.2) is 40.7 Å². The maximum absolute atomic E-state index is 12.4. The lowest BCUT2D eigenvalue weighted by molar-refractivity contribution is -0.137. The Bertz CT molecular complexity index is 725. The van der Waals surface area contributed by atoms with Gasteiger partial charge in [-0.25, -0.2) is 13.2 Å². The van der Waals surface area contributed by atoms with E-state index in [-0.39, 0.29) is 11.1 Å². The van der Waals surface area contributed by atoms with Gasteiger partial charge in [-0.15, -0.1) is 0 Å². The van der Waals surface area contributed by atoms with E-state index in [1.807, 2.05) is 0 Å². The van der Waals surface area contributed by atoms with E-state index in [1.54, 1.807) is 0 Å². The highest BCUT2D eigenvalue weighted by atomic mass is 32.2. The molecule has 4 nitrogen and oxygen atoms in total. The van der Waals surface area contributed by atoms with Crippen molar-refractivity contribution in [2.45, 2.75) is 6.18 Å². The fraction of sp³-hybridized carbons (Fsp3) is 0.0833. The molecule has 1 N–H and O–H groups in total. The number of hydrogen-bond acceptors (Lipinski definition) is 3. The number of carboxylic acids is 1. The second kappa shape index (κ2) is 4.48. The molecule has 0 spiro atoms. The van der Waals surface area contributed by atoms with E-state index in [1.165, 1.54) is 0 Å². The first kappa shape index (κ1) is 14.3. The van der Waals surface area contributed by atoms with Crippen molar-refractivity contribution >= 4 is 21.4 Å². The standard InChI is InChI=1S/C12H7F3O4S/c13-12(14,15)8-3-1-7(2-4-8)9-5-6-20(18,19)10(9)11(16)17/h1-6H,(H,16,17). The van der Waals surface area contributed by atoms with Crippen molar-refractivity contribution in [1.29, 1.82) is 0 Å². The number of benzene rings is 1. The third-order valence-corrected chi connectivity index (χ3v) is 4.12. The molecule has 106 valence electrons. The fourth-order valence-electron chi connectivity index (χ4n) is 1.76. The summed E-state index contributed by atoms with van der Waals surface area (Å²) in [7, 11) is -4.04. The van der Waals surface area contributed by atoms with Gasteiger partial charge in [-0.05, 0) is 23.8 Å². The number of halogens is 3. The average molecular weight is 304 g/mol. The molecule has 0 radical (unpaired) electrons. The molecule has 0 aromatic heterocycles. The lowest BCUT2D eigenvalue weighted by Crippen LogP contribution is -2.09. The van der Waals surface area contributed by atoms with Crippen molar-refractivity contribution in [2.75, 3.05) is 0 Å². The highest BCUT2D eigenvalue weighted by Crippen LogP contribution is 2.34. The Morgan fingerprint density at radius 3 is 2.10 bits per heavy atom. The molecule has 0 saturated heterocycles. The Hall–Kier alpha value is -2.09. The summed E-state index contributed by atoms with van der Waals surface area (Å²) in [5.74, 6) is -1.65. The number of rotatable bonds is 2. The quantitative estimate of drug-likeness (QED) is 0.911. The zero-order valence-electron chi connectivity index (χ0n) is 9.68. The first-order chi connectivity index (χ1) is 9.13. The molecular weight excluding hydrogens is 297 g/mol. The SMILES string of the molecule is O=C(O)C1=C(c2ccc(C(F)(F)F)cc2)C=CS1(=O)=O. The molecule has 0 unspecified atom stereocenters. The lowest BCUT2D eigenvalue weighted by atomic mass is 10.0. The van der Waals surface area contributed by atoms with E-state index < -0.39 is 32.5 Å². The van der Waals surface area contributed by atoms with Crippen molar-refractivity contribution in [3.8, 4) is 0 Å². The van der Waals surface area contributed by atoms with Crippen LogP contribution in [0.3, 0.4) is 0 Å². The molecule has 1 aromatic rings. The first-order valence-electron chi connectivity index (χ1n) is 5.21. The zero-order chi connectivity index (χ0) is 15.1. The number of carboxylic acid groups (broad SMARTS) is 1. The Labute approximate surface area is 111 Å². The summed E-state index contributed by atoms with van der Waals surface area (Å²) >= 11 is 0. The highest BCUT2D eigenvalue weighted by Gasteiger charge is 2.33. The average Bonchev–Trinajstić information content (AvgIpc) is 2.64. The van der Waals surface area contributed by atoms with E-state index in [9.17, 15) is 26.4 Å². The number of aliphatic carboxylic acids is 1. The first-order valence-corrected chi connectivity index (χ1v) is 6.76. The van der Waals surface area contributed by atoms with Gasteiger partial charge in [0.05, 0.1) is 5.56 Å². The monoisotopic (exact) mass is 304 g/mol. The molecule has 1 aromatic carbocycles. The van der Waals surface area contributed by atoms with Crippen molar-refractivity contribution in [2.24, 2.45) is 0 Å². The molecule has 0 amide bonds. The molecule has 2 rings (SSSR count). The molecule has 1 aliphatic rings. The predicted molar refractivity (Wildman–Crippen MR) is 64.1 cm³/mol. The van der Waals surface area contributed by atoms with Crippen LogP contribution in [0.2, 0.25) is 0 Å². The smallest absolute Gasteiger partial charge is 0.416 e. The number of carbonyl (C=O) groups is 1. The van der Waals surface area contributed by atoms with E-state index >= 15 is 0 Å². The van der Waals surface area contributed by atoms with Gasteiger partial charge in [-0.3, -0.25) is 0 Å². The van der Waals surface area contributed by atoms with E-state index in [2.05, 4.69) is 0 Å². The van der Waals surface area contributed by atoms with Crippen LogP contribution in [0.1, 0.15) is 11.1 Å². The summed E-state index contributed by atoms with van der Waals surface area (Å²) in [5.41, 5.74) is -0.942. The summed E-state index contributed by atoms with van der Waals surface area (Å²) in [6, 6.07) is 3.60. The van der Waals surface area contributed by atoms with Crippen LogP contribution in [0.4, 0.5) is 13.2 Å². The Morgan fingerprint density at radius 1 is 1.10 bits per heavy atom. The number of sulfone groups is 1. The van der Waals surface area contributed by atoms with Crippen molar-refractivity contribution in [1.82, 2.24) is 0 Å². The molecule has 1 aliphatic heterocycles. The second-order valence-corrected chi connectivity index (χ2v) is 5.74. The normalized spacial score (nSPS) is 17.6. The van der Waals surface area contributed by atoms with Crippen LogP contribution in [0.5, 0.6) is 0 Å². The minimum absolute atomic E-state index is 0.0905. The summed E-state index contributed by atoms with van der Waals surface area (Å²) in [6.07, 6.45) is -3.46. The minimum Gasteiger partial charge on any atom is -0.477 e. The van der Waals surface area contributed by atoms with Crippen LogP contribution in [-0.4, -0.2) is 19.5 Å². The number of allylic oxidation sites excluding steroid dienone is 2. The zero-order valence-corrected chi connectivity index (χ0v) is 10.5. The van der Waals surface area contributed by atoms with Gasteiger partial charge in [0.25, 0.3) is 0 Å². The molecular formula is C12H7F3O4S. The molecule has 0 fully saturated rings. The number of alkyl halides is 3. The van der Waals surface area contributed by atoms with Crippen molar-refractivity contribution in [3.05, 3.63) is 51.8 Å². The van der Waals surface area contributed by atoms with Gasteiger partial charge < -0.3 is 5.11 Å². The maximum atomic E-state index is 12.4. The Morgan fingerprint density at radius 2 is 1.65 bits per heavy atom. The minimum atomic E-state index is -4.51. The molecule has 0 saturated carbocycles. The van der Waals surface area contributed by atoms with Gasteiger partial charge in [0.2, 0.25) is 9.84 Å². The summed E-state index contributed by atoms with van der Waals surface area (Å²) < 4.78 is 60.2. The predicted octanol–water partition coefficient (Wildman–Crippen LogP) is 2.44. The molecule has 0 bridgehead atoms. The fourth-order valence-corrected chi connectivity index (χ4v) is 2.94. The maximum Gasteiger partial charge on any atom is 0.416 e. The lowest BCUT2D eigenvalue weighted by Gasteiger charge is -2.08. The largest absolute Gasteiger partial charge is 0.477 e. The molecule has 0 atom stereocenters. The third-order valence-electron chi connectivity index (χ3n) is 2.66. The molecule has 8 heteroatoms. The van der Waals surface area contributed by atoms with Crippen LogP contribution in [0, 0.1) is 0 Å².